The standard InChI is InChI=1S/C13H18BrNO2/c1-10-2-3-11(8-13(10)14)15-5-7-17-9-12(15)4-6-16/h2-3,8,12,16H,4-7,9H2,1H3. The number of nitrogens with zero attached hydrogens (tertiary/aromatic N) is 1. The Balaban J connectivity index is 2.20. The van der Waals surface area contributed by atoms with Crippen LogP contribution >= 0.6 is 15.9 Å². The van der Waals surface area contributed by atoms with Crippen molar-refractivity contribution in [3.8, 4) is 0 Å². The van der Waals surface area contributed by atoms with Gasteiger partial charge in [-0.25, -0.2) is 0 Å². The van der Waals surface area contributed by atoms with Gasteiger partial charge in [-0.15, -0.1) is 0 Å². The second-order valence-corrected chi connectivity index (χ2v) is 5.22. The van der Waals surface area contributed by atoms with Crippen LogP contribution in [0.3, 0.4) is 0 Å². The van der Waals surface area contributed by atoms with Crippen molar-refractivity contribution in [2.45, 2.75) is 19.4 Å². The molecule has 0 aliphatic carbocycles. The molecule has 0 amide bonds. The Hall–Kier alpha value is -0.580. The molecule has 1 aliphatic rings. The molecule has 1 aromatic rings. The van der Waals surface area contributed by atoms with Gasteiger partial charge in [0, 0.05) is 23.3 Å². The van der Waals surface area contributed by atoms with Gasteiger partial charge < -0.3 is 14.7 Å². The summed E-state index contributed by atoms with van der Waals surface area (Å²) in [5.41, 5.74) is 2.44. The summed E-state index contributed by atoms with van der Waals surface area (Å²) in [5.74, 6) is 0. The van der Waals surface area contributed by atoms with Crippen LogP contribution in [-0.4, -0.2) is 37.5 Å². The summed E-state index contributed by atoms with van der Waals surface area (Å²) in [5, 5.41) is 9.09. The SMILES string of the molecule is Cc1ccc(N2CCOCC2CCO)cc1Br. The van der Waals surface area contributed by atoms with Gasteiger partial charge in [-0.3, -0.25) is 0 Å². The van der Waals surface area contributed by atoms with Crippen molar-refractivity contribution >= 4 is 21.6 Å². The first-order chi connectivity index (χ1) is 8.22. The van der Waals surface area contributed by atoms with E-state index in [-0.39, 0.29) is 12.6 Å². The maximum atomic E-state index is 9.09. The number of benzene rings is 1. The highest BCUT2D eigenvalue weighted by atomic mass is 79.9. The minimum atomic E-state index is 0.206. The summed E-state index contributed by atoms with van der Waals surface area (Å²) in [6.07, 6.45) is 0.755. The van der Waals surface area contributed by atoms with Crippen molar-refractivity contribution < 1.29 is 9.84 Å². The van der Waals surface area contributed by atoms with E-state index < -0.39 is 0 Å². The van der Waals surface area contributed by atoms with E-state index in [0.717, 1.165) is 24.0 Å². The monoisotopic (exact) mass is 299 g/mol. The molecule has 1 saturated heterocycles. The Bertz CT molecular complexity index is 382. The van der Waals surface area contributed by atoms with Crippen LogP contribution in [0, 0.1) is 6.92 Å². The molecule has 1 heterocycles. The highest BCUT2D eigenvalue weighted by Gasteiger charge is 2.22. The Morgan fingerprint density at radius 2 is 2.35 bits per heavy atom. The lowest BCUT2D eigenvalue weighted by Crippen LogP contribution is -2.46. The number of aryl methyl sites for hydroxylation is 1. The number of anilines is 1. The lowest BCUT2D eigenvalue weighted by molar-refractivity contribution is 0.0850. The summed E-state index contributed by atoms with van der Waals surface area (Å²) in [6, 6.07) is 6.68. The van der Waals surface area contributed by atoms with Gasteiger partial charge in [0.15, 0.2) is 0 Å². The molecule has 0 aromatic heterocycles. The molecule has 0 radical (unpaired) electrons. The van der Waals surface area contributed by atoms with Crippen molar-refractivity contribution in [2.24, 2.45) is 0 Å². The normalized spacial score (nSPS) is 20.6. The molecule has 0 saturated carbocycles. The lowest BCUT2D eigenvalue weighted by Gasteiger charge is -2.37. The number of hydrogen-bond donors (Lipinski definition) is 1. The van der Waals surface area contributed by atoms with Crippen molar-refractivity contribution in [3.05, 3.63) is 28.2 Å². The number of morpholine rings is 1. The van der Waals surface area contributed by atoms with Gasteiger partial charge in [0.25, 0.3) is 0 Å². The first-order valence-corrected chi connectivity index (χ1v) is 6.73. The molecule has 2 rings (SSSR count). The summed E-state index contributed by atoms with van der Waals surface area (Å²) >= 11 is 3.56. The molecule has 0 bridgehead atoms. The van der Waals surface area contributed by atoms with E-state index in [1.807, 2.05) is 0 Å². The van der Waals surface area contributed by atoms with Gasteiger partial charge in [0.1, 0.15) is 0 Å². The second-order valence-electron chi connectivity index (χ2n) is 4.37. The fraction of sp³-hybridized carbons (Fsp3) is 0.538. The Morgan fingerprint density at radius 3 is 3.06 bits per heavy atom. The van der Waals surface area contributed by atoms with Crippen molar-refractivity contribution in [3.63, 3.8) is 0 Å². The molecule has 94 valence electrons. The van der Waals surface area contributed by atoms with Crippen molar-refractivity contribution in [1.82, 2.24) is 0 Å². The number of rotatable bonds is 3. The van der Waals surface area contributed by atoms with Crippen LogP contribution in [0.25, 0.3) is 0 Å². The van der Waals surface area contributed by atoms with E-state index in [4.69, 9.17) is 9.84 Å². The molecule has 1 fully saturated rings. The first kappa shape index (κ1) is 12.9. The number of halogens is 1. The van der Waals surface area contributed by atoms with Crippen LogP contribution in [0.15, 0.2) is 22.7 Å². The summed E-state index contributed by atoms with van der Waals surface area (Å²) in [4.78, 5) is 2.32. The van der Waals surface area contributed by atoms with Crippen LogP contribution in [0.1, 0.15) is 12.0 Å². The third-order valence-corrected chi connectivity index (χ3v) is 4.03. The molecule has 1 unspecified atom stereocenters. The predicted octanol–water partition coefficient (Wildman–Crippen LogP) is 2.35. The second kappa shape index (κ2) is 5.85. The third kappa shape index (κ3) is 3.00. The number of aliphatic hydroxyl groups excluding tert-OH is 1. The maximum Gasteiger partial charge on any atom is 0.0671 e. The van der Waals surface area contributed by atoms with Gasteiger partial charge in [0.05, 0.1) is 19.3 Å². The molecule has 1 aromatic carbocycles. The van der Waals surface area contributed by atoms with Crippen molar-refractivity contribution in [1.29, 1.82) is 0 Å². The zero-order valence-corrected chi connectivity index (χ0v) is 11.6. The molecule has 1 N–H and O–H groups in total. The molecule has 17 heavy (non-hydrogen) atoms. The minimum Gasteiger partial charge on any atom is -0.396 e. The largest absolute Gasteiger partial charge is 0.396 e. The van der Waals surface area contributed by atoms with Crippen LogP contribution in [0.2, 0.25) is 0 Å². The Kier molecular flexibility index (Phi) is 4.42. The Labute approximate surface area is 111 Å². The predicted molar refractivity (Wildman–Crippen MR) is 72.5 cm³/mol. The van der Waals surface area contributed by atoms with E-state index in [9.17, 15) is 0 Å². The third-order valence-electron chi connectivity index (χ3n) is 3.18. The molecule has 1 atom stereocenters. The zero-order valence-electron chi connectivity index (χ0n) is 10.0. The summed E-state index contributed by atoms with van der Waals surface area (Å²) in [7, 11) is 0. The fourth-order valence-electron chi connectivity index (χ4n) is 2.14. The fourth-order valence-corrected chi connectivity index (χ4v) is 2.51. The van der Waals surface area contributed by atoms with Crippen molar-refractivity contribution in [2.75, 3.05) is 31.3 Å². The van der Waals surface area contributed by atoms with Crippen LogP contribution in [-0.2, 0) is 4.74 Å². The first-order valence-electron chi connectivity index (χ1n) is 5.94. The van der Waals surface area contributed by atoms with E-state index in [0.29, 0.717) is 6.61 Å². The maximum absolute atomic E-state index is 9.09. The number of hydrogen-bond acceptors (Lipinski definition) is 3. The number of ether oxygens (including phenoxy) is 1. The lowest BCUT2D eigenvalue weighted by atomic mass is 10.1. The molecule has 1 aliphatic heterocycles. The summed E-state index contributed by atoms with van der Waals surface area (Å²) in [6.45, 7) is 4.63. The average molecular weight is 300 g/mol. The molecule has 0 spiro atoms. The average Bonchev–Trinajstić information content (AvgIpc) is 2.34. The van der Waals surface area contributed by atoms with Gasteiger partial charge >= 0.3 is 0 Å². The van der Waals surface area contributed by atoms with Crippen LogP contribution in [0.5, 0.6) is 0 Å². The molecular formula is C13H18BrNO2. The van der Waals surface area contributed by atoms with Crippen LogP contribution < -0.4 is 4.90 Å². The zero-order chi connectivity index (χ0) is 12.3. The minimum absolute atomic E-state index is 0.206. The highest BCUT2D eigenvalue weighted by Crippen LogP contribution is 2.26. The van der Waals surface area contributed by atoms with Gasteiger partial charge in [-0.2, -0.15) is 0 Å². The van der Waals surface area contributed by atoms with E-state index in [2.05, 4.69) is 46.0 Å². The smallest absolute Gasteiger partial charge is 0.0671 e. The van der Waals surface area contributed by atoms with E-state index in [1.165, 1.54) is 11.3 Å². The van der Waals surface area contributed by atoms with Gasteiger partial charge in [0.2, 0.25) is 0 Å². The topological polar surface area (TPSA) is 32.7 Å². The molecule has 4 heteroatoms. The highest BCUT2D eigenvalue weighted by molar-refractivity contribution is 9.10. The number of aliphatic hydroxyl groups is 1. The van der Waals surface area contributed by atoms with Crippen LogP contribution in [0.4, 0.5) is 5.69 Å². The van der Waals surface area contributed by atoms with E-state index in [1.54, 1.807) is 0 Å². The quantitative estimate of drug-likeness (QED) is 0.930. The van der Waals surface area contributed by atoms with Gasteiger partial charge in [-0.1, -0.05) is 22.0 Å². The molecular weight excluding hydrogens is 282 g/mol. The van der Waals surface area contributed by atoms with Gasteiger partial charge in [-0.05, 0) is 31.0 Å². The van der Waals surface area contributed by atoms with E-state index >= 15 is 0 Å². The summed E-state index contributed by atoms with van der Waals surface area (Å²) < 4.78 is 6.60. The molecule has 3 nitrogen and oxygen atoms in total. The Morgan fingerprint density at radius 1 is 1.53 bits per heavy atom.